The van der Waals surface area contributed by atoms with Gasteiger partial charge in [0.15, 0.2) is 17.5 Å². The van der Waals surface area contributed by atoms with Gasteiger partial charge in [-0.2, -0.15) is 10.2 Å². The highest BCUT2D eigenvalue weighted by Gasteiger charge is 2.20. The Bertz CT molecular complexity index is 905. The lowest BCUT2D eigenvalue weighted by molar-refractivity contribution is 0.0634. The van der Waals surface area contributed by atoms with Gasteiger partial charge in [0.2, 0.25) is 0 Å². The van der Waals surface area contributed by atoms with Gasteiger partial charge in [-0.05, 0) is 32.9 Å². The van der Waals surface area contributed by atoms with Crippen LogP contribution >= 0.6 is 0 Å². The molecule has 0 unspecified atom stereocenters. The fourth-order valence-corrected chi connectivity index (χ4v) is 1.92. The summed E-state index contributed by atoms with van der Waals surface area (Å²) in [6.45, 7) is 4.42. The van der Waals surface area contributed by atoms with Gasteiger partial charge >= 0.3 is 6.09 Å². The number of hydrogen-bond acceptors (Lipinski definition) is 5. The average Bonchev–Trinajstić information content (AvgIpc) is 2.55. The van der Waals surface area contributed by atoms with Gasteiger partial charge < -0.3 is 9.47 Å². The van der Waals surface area contributed by atoms with Crippen molar-refractivity contribution in [2.75, 3.05) is 5.32 Å². The third-order valence-corrected chi connectivity index (χ3v) is 3.06. The average molecular weight is 379 g/mol. The van der Waals surface area contributed by atoms with Gasteiger partial charge in [-0.1, -0.05) is 6.07 Å². The van der Waals surface area contributed by atoms with Crippen molar-refractivity contribution < 1.29 is 27.4 Å². The number of amides is 1. The lowest BCUT2D eigenvalue weighted by atomic mass is 10.1. The summed E-state index contributed by atoms with van der Waals surface area (Å²) in [6.07, 6.45) is -0.982. The number of carbonyl (C=O) groups is 1. The summed E-state index contributed by atoms with van der Waals surface area (Å²) in [5.41, 5.74) is -0.667. The number of anilines is 1. The first-order valence-electron chi connectivity index (χ1n) is 7.76. The molecule has 0 radical (unpaired) electrons. The maximum atomic E-state index is 13.9. The third kappa shape index (κ3) is 5.60. The molecule has 0 fully saturated rings. The summed E-state index contributed by atoms with van der Waals surface area (Å²) in [4.78, 5) is 15.3. The fraction of sp³-hybridized carbons (Fsp3) is 0.278. The molecule has 0 spiro atoms. The molecule has 0 aliphatic carbocycles. The van der Waals surface area contributed by atoms with Crippen LogP contribution in [0.1, 0.15) is 31.9 Å². The predicted octanol–water partition coefficient (Wildman–Crippen LogP) is 4.30. The molecule has 2 aromatic rings. The number of rotatable bonds is 4. The quantitative estimate of drug-likeness (QED) is 0.856. The molecule has 1 aromatic heterocycles. The molecule has 2 rings (SSSR count). The highest BCUT2D eigenvalue weighted by molar-refractivity contribution is 5.83. The van der Waals surface area contributed by atoms with Gasteiger partial charge in [0.25, 0.3) is 5.88 Å². The maximum Gasteiger partial charge on any atom is 0.413 e. The Morgan fingerprint density at radius 1 is 1.19 bits per heavy atom. The Hall–Kier alpha value is -3.28. The first-order chi connectivity index (χ1) is 12.6. The Morgan fingerprint density at radius 2 is 1.89 bits per heavy atom. The number of nitrogens with one attached hydrogen (secondary N) is 1. The molecule has 1 aromatic carbocycles. The predicted molar refractivity (Wildman–Crippen MR) is 89.5 cm³/mol. The van der Waals surface area contributed by atoms with E-state index in [0.29, 0.717) is 6.07 Å². The van der Waals surface area contributed by atoms with Crippen molar-refractivity contribution in [2.24, 2.45) is 0 Å². The van der Waals surface area contributed by atoms with E-state index in [9.17, 15) is 18.0 Å². The molecule has 1 N–H and O–H groups in total. The van der Waals surface area contributed by atoms with Gasteiger partial charge in [-0.3, -0.25) is 5.32 Å². The third-order valence-electron chi connectivity index (χ3n) is 3.06. The highest BCUT2D eigenvalue weighted by Crippen LogP contribution is 2.23. The summed E-state index contributed by atoms with van der Waals surface area (Å²) < 4.78 is 51.6. The lowest BCUT2D eigenvalue weighted by Crippen LogP contribution is -2.28. The molecule has 27 heavy (non-hydrogen) atoms. The van der Waals surface area contributed by atoms with E-state index in [2.05, 4.69) is 10.3 Å². The van der Waals surface area contributed by atoms with E-state index >= 15 is 0 Å². The summed E-state index contributed by atoms with van der Waals surface area (Å²) >= 11 is 0. The Kier molecular flexibility index (Phi) is 5.90. The summed E-state index contributed by atoms with van der Waals surface area (Å²) in [5.74, 6) is -4.21. The molecule has 0 atom stereocenters. The molecule has 1 amide bonds. The van der Waals surface area contributed by atoms with E-state index < -0.39 is 47.5 Å². The van der Waals surface area contributed by atoms with Crippen LogP contribution in [-0.2, 0) is 11.3 Å². The van der Waals surface area contributed by atoms with E-state index in [1.165, 1.54) is 12.1 Å². The first-order valence-corrected chi connectivity index (χ1v) is 7.76. The van der Waals surface area contributed by atoms with Crippen molar-refractivity contribution in [1.29, 1.82) is 5.26 Å². The van der Waals surface area contributed by atoms with Crippen LogP contribution in [0.3, 0.4) is 0 Å². The molecule has 0 bridgehead atoms. The van der Waals surface area contributed by atoms with E-state index in [1.807, 2.05) is 0 Å². The van der Waals surface area contributed by atoms with Crippen LogP contribution in [0.4, 0.5) is 23.8 Å². The van der Waals surface area contributed by atoms with Crippen LogP contribution in [0.15, 0.2) is 24.3 Å². The number of ether oxygens (including phenoxy) is 2. The zero-order chi connectivity index (χ0) is 20.2. The zero-order valence-corrected chi connectivity index (χ0v) is 14.8. The molecule has 0 aliphatic heterocycles. The van der Waals surface area contributed by atoms with Crippen LogP contribution in [0, 0.1) is 28.8 Å². The van der Waals surface area contributed by atoms with Gasteiger partial charge in [0.1, 0.15) is 18.0 Å². The summed E-state index contributed by atoms with van der Waals surface area (Å²) in [7, 11) is 0. The van der Waals surface area contributed by atoms with E-state index in [-0.39, 0.29) is 11.1 Å². The maximum absolute atomic E-state index is 13.9. The Labute approximate surface area is 153 Å². The first kappa shape index (κ1) is 20.0. The number of pyridine rings is 1. The second-order valence-electron chi connectivity index (χ2n) is 6.44. The minimum atomic E-state index is -1.13. The molecule has 0 saturated heterocycles. The molecule has 6 nitrogen and oxygen atoms in total. The van der Waals surface area contributed by atoms with E-state index in [0.717, 1.165) is 6.07 Å². The molecule has 1 heterocycles. The van der Waals surface area contributed by atoms with Crippen molar-refractivity contribution in [2.45, 2.75) is 33.0 Å². The van der Waals surface area contributed by atoms with Crippen molar-refractivity contribution >= 4 is 11.9 Å². The molecule has 0 aliphatic rings. The van der Waals surface area contributed by atoms with Crippen molar-refractivity contribution in [3.63, 3.8) is 0 Å². The second kappa shape index (κ2) is 7.95. The topological polar surface area (TPSA) is 84.2 Å². The van der Waals surface area contributed by atoms with Crippen molar-refractivity contribution in [3.8, 4) is 11.9 Å². The Balaban J connectivity index is 2.16. The van der Waals surface area contributed by atoms with Crippen LogP contribution in [0.25, 0.3) is 0 Å². The summed E-state index contributed by atoms with van der Waals surface area (Å²) in [6, 6.07) is 5.93. The number of hydrogen-bond donors (Lipinski definition) is 1. The largest absolute Gasteiger partial charge is 0.471 e. The number of aromatic nitrogens is 1. The summed E-state index contributed by atoms with van der Waals surface area (Å²) in [5, 5.41) is 10.8. The highest BCUT2D eigenvalue weighted by atomic mass is 19.1. The molecule has 9 heteroatoms. The standard InChI is InChI=1S/C18H16F3N3O3/c1-18(2,3)27-17(25)24-15-13(20)7-14(21)16(23-15)26-9-11-5-4-10(8-22)6-12(11)19/h4-7H,9H2,1-3H3,(H,23,24,25). The molecule has 142 valence electrons. The van der Waals surface area contributed by atoms with Gasteiger partial charge in [0, 0.05) is 11.6 Å². The number of nitriles is 1. The normalized spacial score (nSPS) is 10.9. The smallest absolute Gasteiger partial charge is 0.413 e. The number of carbonyl (C=O) groups excluding carboxylic acids is 1. The van der Waals surface area contributed by atoms with Crippen molar-refractivity contribution in [3.05, 3.63) is 52.8 Å². The number of nitrogens with zero attached hydrogens (tertiary/aromatic N) is 2. The molecular formula is C18H16F3N3O3. The van der Waals surface area contributed by atoms with Gasteiger partial charge in [-0.15, -0.1) is 0 Å². The zero-order valence-electron chi connectivity index (χ0n) is 14.8. The van der Waals surface area contributed by atoms with Crippen LogP contribution in [-0.4, -0.2) is 16.7 Å². The second-order valence-corrected chi connectivity index (χ2v) is 6.44. The molecule has 0 saturated carbocycles. The van der Waals surface area contributed by atoms with Crippen LogP contribution in [0.2, 0.25) is 0 Å². The van der Waals surface area contributed by atoms with Crippen LogP contribution < -0.4 is 10.1 Å². The van der Waals surface area contributed by atoms with Crippen molar-refractivity contribution in [1.82, 2.24) is 4.98 Å². The fourth-order valence-electron chi connectivity index (χ4n) is 1.92. The van der Waals surface area contributed by atoms with Crippen LogP contribution in [0.5, 0.6) is 5.88 Å². The number of halogens is 3. The minimum Gasteiger partial charge on any atom is -0.471 e. The SMILES string of the molecule is CC(C)(C)OC(=O)Nc1nc(OCc2ccc(C#N)cc2F)c(F)cc1F. The lowest BCUT2D eigenvalue weighted by Gasteiger charge is -2.19. The van der Waals surface area contributed by atoms with Gasteiger partial charge in [0.05, 0.1) is 11.6 Å². The monoisotopic (exact) mass is 379 g/mol. The van der Waals surface area contributed by atoms with E-state index in [4.69, 9.17) is 14.7 Å². The number of benzene rings is 1. The molecular weight excluding hydrogens is 363 g/mol. The minimum absolute atomic E-state index is 0.0428. The van der Waals surface area contributed by atoms with Gasteiger partial charge in [-0.25, -0.2) is 18.0 Å². The van der Waals surface area contributed by atoms with E-state index in [1.54, 1.807) is 26.8 Å². The Morgan fingerprint density at radius 3 is 2.48 bits per heavy atom.